The molecule has 2 N–H and O–H groups in total. The summed E-state index contributed by atoms with van der Waals surface area (Å²) in [5.41, 5.74) is 0. The molecule has 0 aliphatic carbocycles. The smallest absolute Gasteiger partial charge is 0.0831 e. The van der Waals surface area contributed by atoms with Crippen LogP contribution in [0.2, 0.25) is 0 Å². The highest BCUT2D eigenvalue weighted by atomic mass is 16.3. The van der Waals surface area contributed by atoms with E-state index in [4.69, 9.17) is 0 Å². The Kier molecular flexibility index (Phi) is 4.19. The largest absolute Gasteiger partial charge is 0.390 e. The van der Waals surface area contributed by atoms with Crippen molar-refractivity contribution in [2.75, 3.05) is 45.8 Å². The van der Waals surface area contributed by atoms with Crippen LogP contribution in [0.25, 0.3) is 0 Å². The number of hydrogen-bond donors (Lipinski definition) is 2. The highest BCUT2D eigenvalue weighted by Crippen LogP contribution is 2.13. The van der Waals surface area contributed by atoms with Crippen LogP contribution in [0.1, 0.15) is 13.8 Å². The van der Waals surface area contributed by atoms with Gasteiger partial charge in [0.25, 0.3) is 0 Å². The Balaban J connectivity index is 1.76. The van der Waals surface area contributed by atoms with Crippen molar-refractivity contribution >= 4 is 0 Å². The predicted octanol–water partition coefficient (Wildman–Crippen LogP) is -0.407. The highest BCUT2D eigenvalue weighted by Gasteiger charge is 2.32. The standard InChI is InChI=1S/C12H25N3O/c1-10(2)9-14-3-5-15(6-4-14)11-7-13-8-12(11)16/h10-13,16H,3-9H2,1-2H3/t11-,12-/m1/s1. The van der Waals surface area contributed by atoms with Gasteiger partial charge in [-0.15, -0.1) is 0 Å². The molecule has 0 spiro atoms. The first-order valence-electron chi connectivity index (χ1n) is 6.52. The first kappa shape index (κ1) is 12.3. The highest BCUT2D eigenvalue weighted by molar-refractivity contribution is 4.90. The maximum Gasteiger partial charge on any atom is 0.0831 e. The zero-order valence-corrected chi connectivity index (χ0v) is 10.5. The minimum absolute atomic E-state index is 0.170. The first-order valence-corrected chi connectivity index (χ1v) is 6.52. The van der Waals surface area contributed by atoms with Crippen LogP contribution in [0, 0.1) is 5.92 Å². The van der Waals surface area contributed by atoms with Gasteiger partial charge in [-0.3, -0.25) is 4.90 Å². The van der Waals surface area contributed by atoms with E-state index in [2.05, 4.69) is 29.0 Å². The molecule has 0 radical (unpaired) electrons. The molecular weight excluding hydrogens is 202 g/mol. The summed E-state index contributed by atoms with van der Waals surface area (Å²) in [5.74, 6) is 0.755. The molecule has 0 saturated carbocycles. The summed E-state index contributed by atoms with van der Waals surface area (Å²) in [6, 6.07) is 0.348. The maximum atomic E-state index is 9.83. The summed E-state index contributed by atoms with van der Waals surface area (Å²) in [6.07, 6.45) is -0.170. The molecule has 4 nitrogen and oxygen atoms in total. The Morgan fingerprint density at radius 3 is 2.38 bits per heavy atom. The van der Waals surface area contributed by atoms with Crippen LogP contribution >= 0.6 is 0 Å². The van der Waals surface area contributed by atoms with Crippen molar-refractivity contribution < 1.29 is 5.11 Å². The van der Waals surface area contributed by atoms with E-state index in [-0.39, 0.29) is 6.10 Å². The van der Waals surface area contributed by atoms with E-state index in [9.17, 15) is 5.11 Å². The molecule has 4 heteroatoms. The Hall–Kier alpha value is -0.160. The van der Waals surface area contributed by atoms with Crippen molar-refractivity contribution in [3.63, 3.8) is 0 Å². The van der Waals surface area contributed by atoms with Crippen LogP contribution in [0.3, 0.4) is 0 Å². The monoisotopic (exact) mass is 227 g/mol. The van der Waals surface area contributed by atoms with Crippen molar-refractivity contribution in [1.82, 2.24) is 15.1 Å². The lowest BCUT2D eigenvalue weighted by atomic mass is 10.1. The second-order valence-corrected chi connectivity index (χ2v) is 5.52. The number of aliphatic hydroxyl groups is 1. The quantitative estimate of drug-likeness (QED) is 0.688. The molecule has 2 heterocycles. The van der Waals surface area contributed by atoms with Gasteiger partial charge in [-0.2, -0.15) is 0 Å². The number of piperazine rings is 1. The third-order valence-electron chi connectivity index (χ3n) is 3.65. The summed E-state index contributed by atoms with van der Waals surface area (Å²) in [6.45, 7) is 12.0. The number of rotatable bonds is 3. The molecule has 0 aromatic rings. The molecule has 2 aliphatic rings. The van der Waals surface area contributed by atoms with Crippen LogP contribution < -0.4 is 5.32 Å². The van der Waals surface area contributed by atoms with Crippen molar-refractivity contribution in [3.05, 3.63) is 0 Å². The Morgan fingerprint density at radius 1 is 1.19 bits per heavy atom. The van der Waals surface area contributed by atoms with Gasteiger partial charge in [-0.1, -0.05) is 13.8 Å². The molecule has 0 unspecified atom stereocenters. The average molecular weight is 227 g/mol. The van der Waals surface area contributed by atoms with Gasteiger partial charge in [0, 0.05) is 51.9 Å². The lowest BCUT2D eigenvalue weighted by Crippen LogP contribution is -2.54. The van der Waals surface area contributed by atoms with Crippen LogP contribution in [0.4, 0.5) is 0 Å². The fourth-order valence-electron chi connectivity index (χ4n) is 2.82. The molecule has 0 aromatic heterocycles. The van der Waals surface area contributed by atoms with E-state index < -0.39 is 0 Å². The molecule has 16 heavy (non-hydrogen) atoms. The average Bonchev–Trinajstić information content (AvgIpc) is 2.65. The number of nitrogens with one attached hydrogen (secondary N) is 1. The van der Waals surface area contributed by atoms with E-state index in [0.717, 1.165) is 45.2 Å². The van der Waals surface area contributed by atoms with Gasteiger partial charge in [-0.05, 0) is 5.92 Å². The van der Waals surface area contributed by atoms with Gasteiger partial charge in [0.05, 0.1) is 6.10 Å². The maximum absolute atomic E-state index is 9.83. The van der Waals surface area contributed by atoms with Gasteiger partial charge in [0.2, 0.25) is 0 Å². The Morgan fingerprint density at radius 2 is 1.88 bits per heavy atom. The predicted molar refractivity (Wildman–Crippen MR) is 65.5 cm³/mol. The van der Waals surface area contributed by atoms with Crippen LogP contribution in [0.5, 0.6) is 0 Å². The number of hydrogen-bond acceptors (Lipinski definition) is 4. The topological polar surface area (TPSA) is 38.7 Å². The first-order chi connectivity index (χ1) is 7.66. The molecule has 2 fully saturated rings. The van der Waals surface area contributed by atoms with Gasteiger partial charge in [0.1, 0.15) is 0 Å². The third kappa shape index (κ3) is 2.94. The fraction of sp³-hybridized carbons (Fsp3) is 1.00. The number of aliphatic hydroxyl groups excluding tert-OH is 1. The zero-order chi connectivity index (χ0) is 11.5. The van der Waals surface area contributed by atoms with E-state index in [0.29, 0.717) is 6.04 Å². The number of β-amino-alcohol motifs (C(OH)–C–C–N with tert-alkyl or cyclic N) is 1. The van der Waals surface area contributed by atoms with Crippen LogP contribution in [-0.2, 0) is 0 Å². The van der Waals surface area contributed by atoms with E-state index in [1.807, 2.05) is 0 Å². The summed E-state index contributed by atoms with van der Waals surface area (Å²) in [5, 5.41) is 13.1. The van der Waals surface area contributed by atoms with Crippen molar-refractivity contribution in [3.8, 4) is 0 Å². The zero-order valence-electron chi connectivity index (χ0n) is 10.5. The van der Waals surface area contributed by atoms with Crippen molar-refractivity contribution in [1.29, 1.82) is 0 Å². The molecule has 0 bridgehead atoms. The summed E-state index contributed by atoms with van der Waals surface area (Å²) < 4.78 is 0. The second-order valence-electron chi connectivity index (χ2n) is 5.52. The van der Waals surface area contributed by atoms with E-state index in [1.54, 1.807) is 0 Å². The van der Waals surface area contributed by atoms with Crippen LogP contribution in [0.15, 0.2) is 0 Å². The minimum Gasteiger partial charge on any atom is -0.390 e. The van der Waals surface area contributed by atoms with E-state index in [1.165, 1.54) is 6.54 Å². The van der Waals surface area contributed by atoms with Crippen molar-refractivity contribution in [2.24, 2.45) is 5.92 Å². The normalized spacial score (nSPS) is 33.8. The van der Waals surface area contributed by atoms with Gasteiger partial charge in [-0.25, -0.2) is 0 Å². The molecule has 2 saturated heterocycles. The Bertz CT molecular complexity index is 214. The molecule has 2 aliphatic heterocycles. The van der Waals surface area contributed by atoms with Gasteiger partial charge >= 0.3 is 0 Å². The SMILES string of the molecule is CC(C)CN1CCN([C@@H]2CNC[C@H]2O)CC1. The minimum atomic E-state index is -0.170. The molecule has 0 amide bonds. The van der Waals surface area contributed by atoms with Crippen LogP contribution in [-0.4, -0.2) is 72.9 Å². The Labute approximate surface area is 98.6 Å². The lowest BCUT2D eigenvalue weighted by Gasteiger charge is -2.39. The fourth-order valence-corrected chi connectivity index (χ4v) is 2.82. The summed E-state index contributed by atoms with van der Waals surface area (Å²) in [7, 11) is 0. The van der Waals surface area contributed by atoms with Crippen molar-refractivity contribution in [2.45, 2.75) is 26.0 Å². The van der Waals surface area contributed by atoms with Gasteiger partial charge < -0.3 is 15.3 Å². The molecule has 2 rings (SSSR count). The number of nitrogens with zero attached hydrogens (tertiary/aromatic N) is 2. The van der Waals surface area contributed by atoms with E-state index >= 15 is 0 Å². The summed E-state index contributed by atoms with van der Waals surface area (Å²) >= 11 is 0. The molecule has 94 valence electrons. The molecule has 0 aromatic carbocycles. The van der Waals surface area contributed by atoms with Gasteiger partial charge in [0.15, 0.2) is 0 Å². The molecule has 2 atom stereocenters. The third-order valence-corrected chi connectivity index (χ3v) is 3.65. The second kappa shape index (κ2) is 5.45. The summed E-state index contributed by atoms with van der Waals surface area (Å²) in [4.78, 5) is 4.98. The molecular formula is C12H25N3O. The lowest BCUT2D eigenvalue weighted by molar-refractivity contribution is 0.0415.